The summed E-state index contributed by atoms with van der Waals surface area (Å²) in [5.41, 5.74) is 6.31. The second-order valence-electron chi connectivity index (χ2n) is 7.37. The van der Waals surface area contributed by atoms with Gasteiger partial charge in [-0.1, -0.05) is 60.7 Å². The molecule has 1 aliphatic carbocycles. The van der Waals surface area contributed by atoms with Gasteiger partial charge in [0.2, 0.25) is 0 Å². The van der Waals surface area contributed by atoms with E-state index in [1.807, 2.05) is 6.07 Å². The maximum atomic E-state index is 13.3. The molecule has 3 aromatic carbocycles. The number of hydrogen-bond acceptors (Lipinski definition) is 3. The van der Waals surface area contributed by atoms with Crippen molar-refractivity contribution >= 4 is 6.21 Å². The maximum absolute atomic E-state index is 13.3. The molecule has 4 heteroatoms. The molecule has 0 atom stereocenters. The minimum atomic E-state index is -0.229. The molecule has 0 aromatic heterocycles. The molecule has 1 aliphatic heterocycles. The Morgan fingerprint density at radius 2 is 1.43 bits per heavy atom. The Balaban J connectivity index is 1.32. The van der Waals surface area contributed by atoms with Crippen LogP contribution in [0.15, 0.2) is 77.9 Å². The van der Waals surface area contributed by atoms with Crippen molar-refractivity contribution in [3.63, 3.8) is 0 Å². The molecular weight excluding hydrogens is 349 g/mol. The zero-order chi connectivity index (χ0) is 18.9. The fourth-order valence-corrected chi connectivity index (χ4v) is 4.34. The van der Waals surface area contributed by atoms with E-state index >= 15 is 0 Å². The number of benzene rings is 3. The van der Waals surface area contributed by atoms with E-state index in [2.05, 4.69) is 63.5 Å². The van der Waals surface area contributed by atoms with E-state index in [4.69, 9.17) is 0 Å². The number of hydrogen-bond donors (Lipinski definition) is 0. The Hall–Kier alpha value is -2.98. The van der Waals surface area contributed by atoms with E-state index < -0.39 is 0 Å². The molecule has 3 aromatic rings. The second-order valence-corrected chi connectivity index (χ2v) is 7.37. The lowest BCUT2D eigenvalue weighted by atomic mass is 10.0. The summed E-state index contributed by atoms with van der Waals surface area (Å²) < 4.78 is 13.3. The standard InChI is InChI=1S/C24H22FN3/c25-19-7-5-6-18(16-19)17-26-28-14-12-27(13-15-28)24-22-10-3-1-8-20(22)21-9-2-4-11-23(21)24/h1-11,16-17,24H,12-15H2/b26-17-. The highest BCUT2D eigenvalue weighted by Gasteiger charge is 2.33. The topological polar surface area (TPSA) is 18.8 Å². The van der Waals surface area contributed by atoms with Crippen LogP contribution in [0.3, 0.4) is 0 Å². The van der Waals surface area contributed by atoms with E-state index in [0.717, 1.165) is 31.7 Å². The molecule has 2 aliphatic rings. The third-order valence-corrected chi connectivity index (χ3v) is 5.68. The van der Waals surface area contributed by atoms with Crippen LogP contribution in [0, 0.1) is 5.82 Å². The van der Waals surface area contributed by atoms with E-state index in [0.29, 0.717) is 6.04 Å². The number of halogens is 1. The Morgan fingerprint density at radius 3 is 2.07 bits per heavy atom. The summed E-state index contributed by atoms with van der Waals surface area (Å²) in [5.74, 6) is -0.229. The Labute approximate surface area is 164 Å². The normalized spacial score (nSPS) is 17.1. The van der Waals surface area contributed by atoms with Crippen molar-refractivity contribution in [3.05, 3.63) is 95.3 Å². The van der Waals surface area contributed by atoms with Gasteiger partial charge in [-0.2, -0.15) is 5.10 Å². The van der Waals surface area contributed by atoms with Crippen molar-refractivity contribution in [1.29, 1.82) is 0 Å². The quantitative estimate of drug-likeness (QED) is 0.629. The molecule has 0 spiro atoms. The summed E-state index contributed by atoms with van der Waals surface area (Å²) in [6.45, 7) is 3.64. The van der Waals surface area contributed by atoms with Crippen LogP contribution in [-0.4, -0.2) is 42.3 Å². The number of rotatable bonds is 3. The summed E-state index contributed by atoms with van der Waals surface area (Å²) >= 11 is 0. The van der Waals surface area contributed by atoms with Gasteiger partial charge in [-0.05, 0) is 39.9 Å². The average molecular weight is 371 g/mol. The Morgan fingerprint density at radius 1 is 0.786 bits per heavy atom. The monoisotopic (exact) mass is 371 g/mol. The van der Waals surface area contributed by atoms with Crippen LogP contribution >= 0.6 is 0 Å². The van der Waals surface area contributed by atoms with Gasteiger partial charge < -0.3 is 0 Å². The highest BCUT2D eigenvalue weighted by Crippen LogP contribution is 2.46. The molecule has 0 unspecified atom stereocenters. The number of hydrazone groups is 1. The van der Waals surface area contributed by atoms with Crippen LogP contribution < -0.4 is 0 Å². The molecule has 1 saturated heterocycles. The van der Waals surface area contributed by atoms with Crippen LogP contribution in [-0.2, 0) is 0 Å². The summed E-state index contributed by atoms with van der Waals surface area (Å²) in [5, 5.41) is 6.64. The highest BCUT2D eigenvalue weighted by molar-refractivity contribution is 5.79. The maximum Gasteiger partial charge on any atom is 0.123 e. The fourth-order valence-electron chi connectivity index (χ4n) is 4.34. The van der Waals surface area contributed by atoms with Gasteiger partial charge in [0.25, 0.3) is 0 Å². The van der Waals surface area contributed by atoms with E-state index in [1.165, 1.54) is 34.4 Å². The molecule has 0 saturated carbocycles. The van der Waals surface area contributed by atoms with Gasteiger partial charge in [0.05, 0.1) is 12.3 Å². The smallest absolute Gasteiger partial charge is 0.123 e. The largest absolute Gasteiger partial charge is 0.294 e. The third kappa shape index (κ3) is 3.10. The van der Waals surface area contributed by atoms with Crippen molar-refractivity contribution in [3.8, 4) is 11.1 Å². The lowest BCUT2D eigenvalue weighted by Gasteiger charge is -2.37. The Bertz CT molecular complexity index is 976. The van der Waals surface area contributed by atoms with Gasteiger partial charge in [0.15, 0.2) is 0 Å². The second kappa shape index (κ2) is 7.21. The van der Waals surface area contributed by atoms with Gasteiger partial charge in [-0.25, -0.2) is 4.39 Å². The zero-order valence-electron chi connectivity index (χ0n) is 15.6. The van der Waals surface area contributed by atoms with Crippen LogP contribution in [0.2, 0.25) is 0 Å². The van der Waals surface area contributed by atoms with Crippen LogP contribution in [0.25, 0.3) is 11.1 Å². The van der Waals surface area contributed by atoms with Crippen molar-refractivity contribution < 1.29 is 4.39 Å². The zero-order valence-corrected chi connectivity index (χ0v) is 15.6. The van der Waals surface area contributed by atoms with Crippen LogP contribution in [0.4, 0.5) is 4.39 Å². The van der Waals surface area contributed by atoms with Gasteiger partial charge >= 0.3 is 0 Å². The van der Waals surface area contributed by atoms with Gasteiger partial charge in [0.1, 0.15) is 5.82 Å². The number of nitrogens with zero attached hydrogens (tertiary/aromatic N) is 3. The molecule has 28 heavy (non-hydrogen) atoms. The third-order valence-electron chi connectivity index (χ3n) is 5.68. The minimum Gasteiger partial charge on any atom is -0.294 e. The lowest BCUT2D eigenvalue weighted by molar-refractivity contribution is 0.114. The van der Waals surface area contributed by atoms with E-state index in [1.54, 1.807) is 12.3 Å². The predicted octanol–water partition coefficient (Wildman–Crippen LogP) is 4.55. The molecular formula is C24H22FN3. The molecule has 140 valence electrons. The first-order chi connectivity index (χ1) is 13.8. The first kappa shape index (κ1) is 17.1. The Kier molecular flexibility index (Phi) is 4.41. The predicted molar refractivity (Wildman–Crippen MR) is 111 cm³/mol. The van der Waals surface area contributed by atoms with Crippen molar-refractivity contribution in [2.75, 3.05) is 26.2 Å². The van der Waals surface area contributed by atoms with Crippen LogP contribution in [0.5, 0.6) is 0 Å². The molecule has 0 radical (unpaired) electrons. The minimum absolute atomic E-state index is 0.229. The van der Waals surface area contributed by atoms with E-state index in [-0.39, 0.29) is 5.82 Å². The average Bonchev–Trinajstić information content (AvgIpc) is 3.07. The van der Waals surface area contributed by atoms with Gasteiger partial charge in [-0.15, -0.1) is 0 Å². The van der Waals surface area contributed by atoms with Gasteiger partial charge in [-0.3, -0.25) is 9.91 Å². The first-order valence-electron chi connectivity index (χ1n) is 9.76. The van der Waals surface area contributed by atoms with Gasteiger partial charge in [0, 0.05) is 26.2 Å². The molecule has 1 heterocycles. The lowest BCUT2D eigenvalue weighted by Crippen LogP contribution is -2.45. The number of fused-ring (bicyclic) bond motifs is 3. The number of piperazine rings is 1. The summed E-state index contributed by atoms with van der Waals surface area (Å²) in [6.07, 6.45) is 1.75. The van der Waals surface area contributed by atoms with Crippen molar-refractivity contribution in [1.82, 2.24) is 9.91 Å². The van der Waals surface area contributed by atoms with Crippen LogP contribution in [0.1, 0.15) is 22.7 Å². The summed E-state index contributed by atoms with van der Waals surface area (Å²) in [6, 6.07) is 24.4. The highest BCUT2D eigenvalue weighted by atomic mass is 19.1. The fraction of sp³-hybridized carbons (Fsp3) is 0.208. The molecule has 5 rings (SSSR count). The molecule has 1 fully saturated rings. The summed E-state index contributed by atoms with van der Waals surface area (Å²) in [7, 11) is 0. The molecule has 0 bridgehead atoms. The molecule has 0 N–H and O–H groups in total. The van der Waals surface area contributed by atoms with E-state index in [9.17, 15) is 4.39 Å². The summed E-state index contributed by atoms with van der Waals surface area (Å²) in [4.78, 5) is 2.55. The first-order valence-corrected chi connectivity index (χ1v) is 9.76. The molecule has 3 nitrogen and oxygen atoms in total. The molecule has 0 amide bonds. The SMILES string of the molecule is Fc1cccc(/C=N\N2CCN(C3c4ccccc4-c4ccccc43)CC2)c1. The van der Waals surface area contributed by atoms with Crippen molar-refractivity contribution in [2.24, 2.45) is 5.10 Å². The van der Waals surface area contributed by atoms with Crippen molar-refractivity contribution in [2.45, 2.75) is 6.04 Å².